The van der Waals surface area contributed by atoms with E-state index in [2.05, 4.69) is 5.43 Å². The Morgan fingerprint density at radius 3 is 2.57 bits per heavy atom. The Morgan fingerprint density at radius 1 is 1.33 bits per heavy atom. The van der Waals surface area contributed by atoms with Crippen LogP contribution in [0.15, 0.2) is 18.2 Å². The van der Waals surface area contributed by atoms with Gasteiger partial charge in [-0.05, 0) is 30.9 Å². The quantitative estimate of drug-likeness (QED) is 0.496. The van der Waals surface area contributed by atoms with E-state index in [0.29, 0.717) is 6.42 Å². The highest BCUT2D eigenvalue weighted by molar-refractivity contribution is 6.31. The first-order valence-corrected chi connectivity index (χ1v) is 7.95. The third kappa shape index (κ3) is 3.75. The molecule has 21 heavy (non-hydrogen) atoms. The van der Waals surface area contributed by atoms with Crippen LogP contribution in [0.25, 0.3) is 0 Å². The number of rotatable bonds is 5. The number of ether oxygens (including phenoxy) is 1. The van der Waals surface area contributed by atoms with Crippen LogP contribution >= 0.6 is 11.6 Å². The van der Waals surface area contributed by atoms with Crippen molar-refractivity contribution in [3.8, 4) is 0 Å². The van der Waals surface area contributed by atoms with E-state index < -0.39 is 5.82 Å². The van der Waals surface area contributed by atoms with Gasteiger partial charge in [0, 0.05) is 7.11 Å². The summed E-state index contributed by atoms with van der Waals surface area (Å²) in [6.07, 6.45) is 7.19. The lowest BCUT2D eigenvalue weighted by Crippen LogP contribution is -2.55. The van der Waals surface area contributed by atoms with Crippen molar-refractivity contribution in [3.63, 3.8) is 0 Å². The summed E-state index contributed by atoms with van der Waals surface area (Å²) in [5, 5.41) is 0.178. The number of hydrogen-bond donors (Lipinski definition) is 2. The Balaban J connectivity index is 2.22. The minimum Gasteiger partial charge on any atom is -0.377 e. The Kier molecular flexibility index (Phi) is 5.99. The fourth-order valence-electron chi connectivity index (χ4n) is 3.34. The minimum atomic E-state index is -0.391. The summed E-state index contributed by atoms with van der Waals surface area (Å²) in [4.78, 5) is 0. The summed E-state index contributed by atoms with van der Waals surface area (Å²) in [6, 6.07) is 4.81. The zero-order valence-electron chi connectivity index (χ0n) is 12.5. The fourth-order valence-corrected chi connectivity index (χ4v) is 3.55. The highest BCUT2D eigenvalue weighted by Gasteiger charge is 2.39. The first-order valence-electron chi connectivity index (χ1n) is 7.57. The fraction of sp³-hybridized carbons (Fsp3) is 0.625. The molecule has 5 heteroatoms. The van der Waals surface area contributed by atoms with Crippen molar-refractivity contribution in [2.45, 2.75) is 56.6 Å². The minimum absolute atomic E-state index is 0.0834. The van der Waals surface area contributed by atoms with Crippen molar-refractivity contribution in [2.75, 3.05) is 7.11 Å². The van der Waals surface area contributed by atoms with Gasteiger partial charge in [0.05, 0.1) is 16.7 Å². The lowest BCUT2D eigenvalue weighted by atomic mass is 9.83. The molecule has 1 unspecified atom stereocenters. The average molecular weight is 315 g/mol. The van der Waals surface area contributed by atoms with Gasteiger partial charge in [0.2, 0.25) is 0 Å². The van der Waals surface area contributed by atoms with Crippen LogP contribution in [0.5, 0.6) is 0 Å². The molecule has 0 bridgehead atoms. The molecule has 0 amide bonds. The summed E-state index contributed by atoms with van der Waals surface area (Å²) in [5.41, 5.74) is 3.34. The van der Waals surface area contributed by atoms with Gasteiger partial charge in [-0.1, -0.05) is 49.4 Å². The Morgan fingerprint density at radius 2 is 2.00 bits per heavy atom. The van der Waals surface area contributed by atoms with Crippen LogP contribution in [0.1, 0.15) is 44.1 Å². The predicted molar refractivity (Wildman–Crippen MR) is 83.7 cm³/mol. The van der Waals surface area contributed by atoms with Crippen LogP contribution < -0.4 is 11.3 Å². The molecule has 1 aliphatic carbocycles. The second-order valence-corrected chi connectivity index (χ2v) is 6.20. The lowest BCUT2D eigenvalue weighted by molar-refractivity contribution is -0.0527. The largest absolute Gasteiger partial charge is 0.377 e. The second kappa shape index (κ2) is 7.54. The molecular weight excluding hydrogens is 291 g/mol. The molecule has 0 heterocycles. The number of benzene rings is 1. The molecule has 0 radical (unpaired) electrons. The predicted octanol–water partition coefficient (Wildman–Crippen LogP) is 3.59. The highest BCUT2D eigenvalue weighted by Crippen LogP contribution is 2.35. The average Bonchev–Trinajstić information content (AvgIpc) is 2.75. The van der Waals surface area contributed by atoms with Crippen LogP contribution in [0, 0.1) is 5.82 Å². The van der Waals surface area contributed by atoms with Crippen LogP contribution in [-0.2, 0) is 11.2 Å². The van der Waals surface area contributed by atoms with Crippen molar-refractivity contribution in [1.29, 1.82) is 0 Å². The van der Waals surface area contributed by atoms with Crippen molar-refractivity contribution >= 4 is 11.6 Å². The third-order valence-corrected chi connectivity index (χ3v) is 5.07. The van der Waals surface area contributed by atoms with Gasteiger partial charge in [0.25, 0.3) is 0 Å². The maximum Gasteiger partial charge on any atom is 0.142 e. The maximum absolute atomic E-state index is 13.6. The van der Waals surface area contributed by atoms with E-state index in [0.717, 1.165) is 31.2 Å². The monoisotopic (exact) mass is 314 g/mol. The standard InChI is InChI=1S/C16H24ClFN2O/c1-21-16(9-4-2-3-5-10-16)14(20-19)11-12-7-6-8-13(18)15(12)17/h6-8,14,20H,2-5,9-11,19H2,1H3. The van der Waals surface area contributed by atoms with Gasteiger partial charge in [0.1, 0.15) is 5.82 Å². The molecule has 0 aliphatic heterocycles. The number of methoxy groups -OCH3 is 1. The summed E-state index contributed by atoms with van der Waals surface area (Å²) in [6.45, 7) is 0. The van der Waals surface area contributed by atoms with Crippen molar-refractivity contribution in [1.82, 2.24) is 5.43 Å². The van der Waals surface area contributed by atoms with Gasteiger partial charge in [-0.3, -0.25) is 11.3 Å². The second-order valence-electron chi connectivity index (χ2n) is 5.82. The Hall–Kier alpha value is -0.680. The molecule has 3 nitrogen and oxygen atoms in total. The van der Waals surface area contributed by atoms with Gasteiger partial charge in [-0.2, -0.15) is 0 Å². The first kappa shape index (κ1) is 16.7. The molecule has 3 N–H and O–H groups in total. The van der Waals surface area contributed by atoms with Crippen molar-refractivity contribution in [3.05, 3.63) is 34.6 Å². The summed E-state index contributed by atoms with van der Waals surface area (Å²) in [7, 11) is 1.74. The molecule has 1 aliphatic rings. The van der Waals surface area contributed by atoms with E-state index in [4.69, 9.17) is 22.2 Å². The van der Waals surface area contributed by atoms with E-state index >= 15 is 0 Å². The zero-order chi connectivity index (χ0) is 15.3. The molecule has 1 atom stereocenters. The molecule has 1 aromatic carbocycles. The van der Waals surface area contributed by atoms with Gasteiger partial charge in [0.15, 0.2) is 0 Å². The zero-order valence-corrected chi connectivity index (χ0v) is 13.3. The molecular formula is C16H24ClFN2O. The van der Waals surface area contributed by atoms with E-state index in [1.165, 1.54) is 18.9 Å². The molecule has 0 aromatic heterocycles. The van der Waals surface area contributed by atoms with E-state index in [-0.39, 0.29) is 16.7 Å². The summed E-state index contributed by atoms with van der Waals surface area (Å²) in [5.74, 6) is 5.39. The highest BCUT2D eigenvalue weighted by atomic mass is 35.5. The summed E-state index contributed by atoms with van der Waals surface area (Å²) >= 11 is 6.07. The Labute approximate surface area is 131 Å². The number of halogens is 2. The maximum atomic E-state index is 13.6. The smallest absolute Gasteiger partial charge is 0.142 e. The number of nitrogens with two attached hydrogens (primary N) is 1. The number of hydrogen-bond acceptors (Lipinski definition) is 3. The molecule has 0 spiro atoms. The van der Waals surface area contributed by atoms with Gasteiger partial charge >= 0.3 is 0 Å². The van der Waals surface area contributed by atoms with Crippen LogP contribution in [-0.4, -0.2) is 18.8 Å². The number of hydrazine groups is 1. The number of nitrogens with one attached hydrogen (secondary N) is 1. The third-order valence-electron chi connectivity index (χ3n) is 4.65. The van der Waals surface area contributed by atoms with Gasteiger partial charge in [-0.25, -0.2) is 4.39 Å². The lowest BCUT2D eigenvalue weighted by Gasteiger charge is -2.39. The van der Waals surface area contributed by atoms with Crippen LogP contribution in [0.2, 0.25) is 5.02 Å². The Bertz CT molecular complexity index is 462. The molecule has 1 fully saturated rings. The van der Waals surface area contributed by atoms with E-state index in [9.17, 15) is 4.39 Å². The van der Waals surface area contributed by atoms with Crippen LogP contribution in [0.4, 0.5) is 4.39 Å². The van der Waals surface area contributed by atoms with Crippen molar-refractivity contribution < 1.29 is 9.13 Å². The van der Waals surface area contributed by atoms with E-state index in [1.54, 1.807) is 13.2 Å². The van der Waals surface area contributed by atoms with Gasteiger partial charge in [-0.15, -0.1) is 0 Å². The summed E-state index contributed by atoms with van der Waals surface area (Å²) < 4.78 is 19.5. The first-order chi connectivity index (χ1) is 10.1. The molecule has 1 saturated carbocycles. The van der Waals surface area contributed by atoms with Crippen LogP contribution in [0.3, 0.4) is 0 Å². The molecule has 118 valence electrons. The SMILES string of the molecule is COC1(C(Cc2cccc(F)c2Cl)NN)CCCCCC1. The van der Waals surface area contributed by atoms with Crippen molar-refractivity contribution in [2.24, 2.45) is 5.84 Å². The molecule has 0 saturated heterocycles. The normalized spacial score (nSPS) is 20.0. The van der Waals surface area contributed by atoms with E-state index in [1.807, 2.05) is 6.07 Å². The van der Waals surface area contributed by atoms with Gasteiger partial charge < -0.3 is 4.74 Å². The molecule has 2 rings (SSSR count). The topological polar surface area (TPSA) is 47.3 Å². The molecule has 1 aromatic rings.